The van der Waals surface area contributed by atoms with E-state index in [-0.39, 0.29) is 11.3 Å². The lowest BCUT2D eigenvalue weighted by Gasteiger charge is -2.11. The second-order valence-electron chi connectivity index (χ2n) is 6.75. The lowest BCUT2D eigenvalue weighted by atomic mass is 10.2. The molecular weight excluding hydrogens is 426 g/mol. The highest BCUT2D eigenvalue weighted by molar-refractivity contribution is 7.98. The fraction of sp³-hybridized carbons (Fsp3) is 0.286. The normalized spacial score (nSPS) is 11.6. The van der Waals surface area contributed by atoms with Gasteiger partial charge in [-0.05, 0) is 36.2 Å². The number of rotatable bonds is 9. The lowest BCUT2D eigenvalue weighted by Crippen LogP contribution is -2.24. The molecule has 0 N–H and O–H groups in total. The maximum atomic E-state index is 13.0. The van der Waals surface area contributed by atoms with E-state index < -0.39 is 6.61 Å². The molecule has 10 heteroatoms. The molecule has 2 aromatic heterocycles. The molecule has 31 heavy (non-hydrogen) atoms. The van der Waals surface area contributed by atoms with Crippen LogP contribution in [-0.4, -0.2) is 39.5 Å². The second-order valence-corrected chi connectivity index (χ2v) is 7.69. The monoisotopic (exact) mass is 446 g/mol. The van der Waals surface area contributed by atoms with E-state index in [1.165, 1.54) is 23.9 Å². The molecule has 0 fully saturated rings. The van der Waals surface area contributed by atoms with Crippen molar-refractivity contribution < 1.29 is 18.3 Å². The fourth-order valence-electron chi connectivity index (χ4n) is 3.31. The van der Waals surface area contributed by atoms with Gasteiger partial charge in [-0.2, -0.15) is 8.78 Å². The minimum atomic E-state index is -2.85. The number of alkyl halides is 2. The minimum absolute atomic E-state index is 0.113. The van der Waals surface area contributed by atoms with E-state index in [4.69, 9.17) is 4.74 Å². The number of para-hydroxylation sites is 1. The number of aromatic nitrogens is 4. The van der Waals surface area contributed by atoms with Gasteiger partial charge in [-0.25, -0.2) is 0 Å². The Morgan fingerprint density at radius 1 is 1.10 bits per heavy atom. The SMILES string of the molecule is COCCCn1c(=O)c2ccccc2n2c(SCc3ccc(OC(F)F)cc3)nnc12. The number of hydrogen-bond acceptors (Lipinski definition) is 6. The Morgan fingerprint density at radius 3 is 2.61 bits per heavy atom. The molecule has 7 nitrogen and oxygen atoms in total. The van der Waals surface area contributed by atoms with Crippen molar-refractivity contribution in [3.63, 3.8) is 0 Å². The number of methoxy groups -OCH3 is 1. The molecule has 4 rings (SSSR count). The molecule has 0 amide bonds. The van der Waals surface area contributed by atoms with Gasteiger partial charge in [0.1, 0.15) is 5.75 Å². The summed E-state index contributed by atoms with van der Waals surface area (Å²) in [5.41, 5.74) is 1.54. The second kappa shape index (κ2) is 9.44. The van der Waals surface area contributed by atoms with Gasteiger partial charge in [-0.15, -0.1) is 10.2 Å². The third-order valence-corrected chi connectivity index (χ3v) is 5.72. The molecule has 0 aliphatic rings. The molecule has 0 unspecified atom stereocenters. The Kier molecular flexibility index (Phi) is 6.47. The zero-order valence-corrected chi connectivity index (χ0v) is 17.5. The zero-order chi connectivity index (χ0) is 21.8. The summed E-state index contributed by atoms with van der Waals surface area (Å²) in [6.45, 7) is -1.85. The number of nitrogens with zero attached hydrogens (tertiary/aromatic N) is 4. The number of benzene rings is 2. The summed E-state index contributed by atoms with van der Waals surface area (Å²) >= 11 is 1.45. The highest BCUT2D eigenvalue weighted by atomic mass is 32.2. The molecule has 2 aromatic carbocycles. The molecule has 0 aliphatic heterocycles. The first-order valence-corrected chi connectivity index (χ1v) is 10.6. The van der Waals surface area contributed by atoms with E-state index in [0.29, 0.717) is 41.6 Å². The predicted molar refractivity (Wildman–Crippen MR) is 114 cm³/mol. The average Bonchev–Trinajstić information content (AvgIpc) is 3.19. The van der Waals surface area contributed by atoms with Gasteiger partial charge in [-0.1, -0.05) is 36.0 Å². The van der Waals surface area contributed by atoms with Crippen molar-refractivity contribution in [2.75, 3.05) is 13.7 Å². The topological polar surface area (TPSA) is 70.7 Å². The first kappa shape index (κ1) is 21.3. The third-order valence-electron chi connectivity index (χ3n) is 4.72. The Labute approximate surface area is 180 Å². The van der Waals surface area contributed by atoms with E-state index in [0.717, 1.165) is 11.1 Å². The molecule has 0 bridgehead atoms. The molecule has 0 saturated carbocycles. The summed E-state index contributed by atoms with van der Waals surface area (Å²) in [5, 5.41) is 9.81. The number of aryl methyl sites for hydroxylation is 1. The Bertz CT molecular complexity index is 1240. The number of fused-ring (bicyclic) bond motifs is 3. The van der Waals surface area contributed by atoms with Gasteiger partial charge in [0.2, 0.25) is 5.78 Å². The number of thioether (sulfide) groups is 1. The van der Waals surface area contributed by atoms with Gasteiger partial charge >= 0.3 is 6.61 Å². The van der Waals surface area contributed by atoms with Gasteiger partial charge in [0, 0.05) is 26.0 Å². The summed E-state index contributed by atoms with van der Waals surface area (Å²) in [6.07, 6.45) is 0.673. The van der Waals surface area contributed by atoms with Crippen molar-refractivity contribution in [1.29, 1.82) is 0 Å². The lowest BCUT2D eigenvalue weighted by molar-refractivity contribution is -0.0498. The molecule has 0 radical (unpaired) electrons. The highest BCUT2D eigenvalue weighted by Gasteiger charge is 2.16. The summed E-state index contributed by atoms with van der Waals surface area (Å²) in [6, 6.07) is 13.8. The van der Waals surface area contributed by atoms with Crippen LogP contribution >= 0.6 is 11.8 Å². The number of ether oxygens (including phenoxy) is 2. The predicted octanol–water partition coefficient (Wildman–Crippen LogP) is 3.97. The maximum Gasteiger partial charge on any atom is 0.387 e. The van der Waals surface area contributed by atoms with Gasteiger partial charge in [0.05, 0.1) is 10.9 Å². The number of halogens is 2. The van der Waals surface area contributed by atoms with Crippen LogP contribution in [0.5, 0.6) is 5.75 Å². The van der Waals surface area contributed by atoms with Gasteiger partial charge in [0.25, 0.3) is 5.56 Å². The van der Waals surface area contributed by atoms with Crippen LogP contribution in [0.15, 0.2) is 58.5 Å². The van der Waals surface area contributed by atoms with Crippen LogP contribution < -0.4 is 10.3 Å². The molecular formula is C21H20F2N4O3S. The van der Waals surface area contributed by atoms with Crippen molar-refractivity contribution in [2.24, 2.45) is 0 Å². The van der Waals surface area contributed by atoms with Crippen molar-refractivity contribution in [2.45, 2.75) is 30.5 Å². The van der Waals surface area contributed by atoms with Crippen LogP contribution in [0.2, 0.25) is 0 Å². The quantitative estimate of drug-likeness (QED) is 0.286. The summed E-state index contributed by atoms with van der Waals surface area (Å²) in [5.74, 6) is 1.14. The maximum absolute atomic E-state index is 13.0. The van der Waals surface area contributed by atoms with E-state index >= 15 is 0 Å². The van der Waals surface area contributed by atoms with Crippen molar-refractivity contribution in [1.82, 2.24) is 19.2 Å². The molecule has 0 saturated heterocycles. The standard InChI is InChI=1S/C21H20F2N4O3S/c1-29-12-4-11-26-18(28)16-5-2-3-6-17(16)27-20(26)24-25-21(27)31-13-14-7-9-15(10-8-14)30-19(22)23/h2-3,5-10,19H,4,11-13H2,1H3. The van der Waals surface area contributed by atoms with Crippen LogP contribution in [0.1, 0.15) is 12.0 Å². The van der Waals surface area contributed by atoms with E-state index in [2.05, 4.69) is 14.9 Å². The number of hydrogen-bond donors (Lipinski definition) is 0. The molecule has 2 heterocycles. The summed E-state index contributed by atoms with van der Waals surface area (Å²) < 4.78 is 37.6. The minimum Gasteiger partial charge on any atom is -0.435 e. The molecule has 0 aliphatic carbocycles. The smallest absolute Gasteiger partial charge is 0.387 e. The Hall–Kier alpha value is -2.98. The van der Waals surface area contributed by atoms with E-state index in [1.807, 2.05) is 22.6 Å². The summed E-state index contributed by atoms with van der Waals surface area (Å²) in [7, 11) is 1.62. The first-order valence-electron chi connectivity index (χ1n) is 9.60. The highest BCUT2D eigenvalue weighted by Crippen LogP contribution is 2.26. The zero-order valence-electron chi connectivity index (χ0n) is 16.7. The molecule has 4 aromatic rings. The molecule has 0 atom stereocenters. The first-order chi connectivity index (χ1) is 15.1. The fourth-order valence-corrected chi connectivity index (χ4v) is 4.21. The van der Waals surface area contributed by atoms with Crippen LogP contribution in [-0.2, 0) is 17.0 Å². The van der Waals surface area contributed by atoms with Crippen LogP contribution in [0.3, 0.4) is 0 Å². The van der Waals surface area contributed by atoms with Crippen LogP contribution in [0.4, 0.5) is 8.78 Å². The van der Waals surface area contributed by atoms with Gasteiger partial charge in [0.15, 0.2) is 5.16 Å². The Morgan fingerprint density at radius 2 is 1.87 bits per heavy atom. The van der Waals surface area contributed by atoms with Crippen LogP contribution in [0.25, 0.3) is 16.7 Å². The third kappa shape index (κ3) is 4.54. The van der Waals surface area contributed by atoms with Gasteiger partial charge < -0.3 is 9.47 Å². The molecule has 0 spiro atoms. The van der Waals surface area contributed by atoms with Crippen molar-refractivity contribution >= 4 is 28.4 Å². The van der Waals surface area contributed by atoms with E-state index in [1.54, 1.807) is 29.9 Å². The van der Waals surface area contributed by atoms with E-state index in [9.17, 15) is 13.6 Å². The van der Waals surface area contributed by atoms with Crippen molar-refractivity contribution in [3.05, 3.63) is 64.4 Å². The van der Waals surface area contributed by atoms with Gasteiger partial charge in [-0.3, -0.25) is 13.8 Å². The average molecular weight is 446 g/mol. The van der Waals surface area contributed by atoms with Crippen LogP contribution in [0, 0.1) is 0 Å². The summed E-state index contributed by atoms with van der Waals surface area (Å²) in [4.78, 5) is 13.0. The Balaban J connectivity index is 1.66. The molecule has 162 valence electrons. The largest absolute Gasteiger partial charge is 0.435 e. The van der Waals surface area contributed by atoms with Crippen molar-refractivity contribution in [3.8, 4) is 5.75 Å².